The van der Waals surface area contributed by atoms with Crippen LogP contribution >= 0.6 is 0 Å². The molecule has 1 aliphatic carbocycles. The number of benzene rings is 2. The van der Waals surface area contributed by atoms with E-state index in [-0.39, 0.29) is 24.6 Å². The number of halogens is 1. The van der Waals surface area contributed by atoms with Crippen LogP contribution in [0.3, 0.4) is 0 Å². The molecule has 1 saturated carbocycles. The van der Waals surface area contributed by atoms with Crippen LogP contribution in [0.2, 0.25) is 0 Å². The number of nitrogens with one attached hydrogen (secondary N) is 1. The second-order valence-corrected chi connectivity index (χ2v) is 8.47. The van der Waals surface area contributed by atoms with Crippen molar-refractivity contribution in [3.63, 3.8) is 0 Å². The average molecular weight is 477 g/mol. The molecule has 10 heteroatoms. The van der Waals surface area contributed by atoms with E-state index in [1.54, 1.807) is 36.4 Å². The van der Waals surface area contributed by atoms with E-state index in [2.05, 4.69) is 25.6 Å². The van der Waals surface area contributed by atoms with Gasteiger partial charge >= 0.3 is 5.97 Å². The van der Waals surface area contributed by atoms with Gasteiger partial charge in [0, 0.05) is 17.5 Å². The molecule has 2 unspecified atom stereocenters. The number of aryl methyl sites for hydroxylation is 1. The predicted molar refractivity (Wildman–Crippen MR) is 122 cm³/mol. The van der Waals surface area contributed by atoms with Gasteiger partial charge in [0.05, 0.1) is 18.3 Å². The Bertz CT molecular complexity index is 1290. The van der Waals surface area contributed by atoms with Gasteiger partial charge < -0.3 is 13.9 Å². The smallest absolute Gasteiger partial charge is 0.338 e. The Morgan fingerprint density at radius 2 is 1.97 bits per heavy atom. The van der Waals surface area contributed by atoms with Crippen molar-refractivity contribution in [3.05, 3.63) is 71.4 Å². The zero-order valence-corrected chi connectivity index (χ0v) is 19.1. The SMILES string of the molecule is Cc1oc(-c2ccc(F)cc2)nc1COC1CCCC(OC(=O)c2cccc(-c3nn[nH]n3)c2)C1. The summed E-state index contributed by atoms with van der Waals surface area (Å²) in [5.74, 6) is 0.797. The van der Waals surface area contributed by atoms with Crippen molar-refractivity contribution < 1.29 is 23.1 Å². The summed E-state index contributed by atoms with van der Waals surface area (Å²) in [7, 11) is 0. The van der Waals surface area contributed by atoms with Gasteiger partial charge in [-0.15, -0.1) is 10.2 Å². The van der Waals surface area contributed by atoms with Gasteiger partial charge in [-0.25, -0.2) is 14.2 Å². The molecule has 1 aliphatic rings. The number of hydrogen-bond acceptors (Lipinski definition) is 8. The van der Waals surface area contributed by atoms with Crippen LogP contribution in [0.1, 0.15) is 47.5 Å². The number of hydrogen-bond donors (Lipinski definition) is 1. The molecular weight excluding hydrogens is 453 g/mol. The first kappa shape index (κ1) is 22.9. The molecule has 0 amide bonds. The molecule has 1 fully saturated rings. The highest BCUT2D eigenvalue weighted by Crippen LogP contribution is 2.27. The lowest BCUT2D eigenvalue weighted by molar-refractivity contribution is -0.0368. The lowest BCUT2D eigenvalue weighted by Gasteiger charge is -2.28. The summed E-state index contributed by atoms with van der Waals surface area (Å²) in [6.45, 7) is 2.11. The van der Waals surface area contributed by atoms with E-state index in [0.29, 0.717) is 46.3 Å². The highest BCUT2D eigenvalue weighted by molar-refractivity contribution is 5.90. The molecule has 0 bridgehead atoms. The summed E-state index contributed by atoms with van der Waals surface area (Å²) in [5.41, 5.74) is 2.51. The quantitative estimate of drug-likeness (QED) is 0.382. The van der Waals surface area contributed by atoms with Crippen LogP contribution in [-0.2, 0) is 16.1 Å². The standard InChI is InChI=1S/C25H24FN5O4/c1-15-22(27-24(34-15)16-8-10-19(26)11-9-16)14-33-20-6-3-7-21(13-20)35-25(32)18-5-2-4-17(12-18)23-28-30-31-29-23/h2,4-5,8-12,20-21H,3,6-7,13-14H2,1H3,(H,28,29,30,31). The van der Waals surface area contributed by atoms with Gasteiger partial charge in [0.2, 0.25) is 11.7 Å². The van der Waals surface area contributed by atoms with Gasteiger partial charge in [-0.05, 0) is 67.8 Å². The third-order valence-electron chi connectivity index (χ3n) is 5.99. The molecule has 0 spiro atoms. The maximum Gasteiger partial charge on any atom is 0.338 e. The third kappa shape index (κ3) is 5.43. The Balaban J connectivity index is 1.17. The summed E-state index contributed by atoms with van der Waals surface area (Å²) in [6.07, 6.45) is 2.87. The van der Waals surface area contributed by atoms with Crippen molar-refractivity contribution in [3.8, 4) is 22.8 Å². The molecule has 4 aromatic rings. The van der Waals surface area contributed by atoms with Crippen molar-refractivity contribution in [1.82, 2.24) is 25.6 Å². The van der Waals surface area contributed by atoms with Crippen molar-refractivity contribution in [1.29, 1.82) is 0 Å². The second-order valence-electron chi connectivity index (χ2n) is 8.47. The number of nitrogens with zero attached hydrogens (tertiary/aromatic N) is 4. The first-order valence-electron chi connectivity index (χ1n) is 11.4. The van der Waals surface area contributed by atoms with E-state index in [1.807, 2.05) is 6.92 Å². The minimum Gasteiger partial charge on any atom is -0.459 e. The Hall–Kier alpha value is -3.92. The number of rotatable bonds is 7. The minimum absolute atomic E-state index is 0.0578. The Morgan fingerprint density at radius 3 is 2.77 bits per heavy atom. The number of tetrazole rings is 1. The molecule has 0 saturated heterocycles. The summed E-state index contributed by atoms with van der Waals surface area (Å²) in [6, 6.07) is 13.0. The van der Waals surface area contributed by atoms with Crippen LogP contribution in [0.5, 0.6) is 0 Å². The summed E-state index contributed by atoms with van der Waals surface area (Å²) < 4.78 is 30.8. The predicted octanol–water partition coefficient (Wildman–Crippen LogP) is 4.65. The molecule has 2 atom stereocenters. The minimum atomic E-state index is -0.391. The lowest BCUT2D eigenvalue weighted by Crippen LogP contribution is -2.30. The third-order valence-corrected chi connectivity index (χ3v) is 5.99. The Kier molecular flexibility index (Phi) is 6.62. The molecule has 180 valence electrons. The van der Waals surface area contributed by atoms with Crippen molar-refractivity contribution >= 4 is 5.97 Å². The number of oxazole rings is 1. The van der Waals surface area contributed by atoms with Gasteiger partial charge in [-0.2, -0.15) is 5.21 Å². The zero-order valence-electron chi connectivity index (χ0n) is 19.1. The van der Waals surface area contributed by atoms with Gasteiger partial charge in [0.25, 0.3) is 0 Å². The summed E-state index contributed by atoms with van der Waals surface area (Å²) in [4.78, 5) is 17.3. The monoisotopic (exact) mass is 477 g/mol. The van der Waals surface area contributed by atoms with Crippen molar-refractivity contribution in [2.45, 2.75) is 51.4 Å². The largest absolute Gasteiger partial charge is 0.459 e. The van der Waals surface area contributed by atoms with Crippen LogP contribution in [0.15, 0.2) is 52.9 Å². The molecule has 1 N–H and O–H groups in total. The number of esters is 1. The van der Waals surface area contributed by atoms with Gasteiger partial charge in [-0.1, -0.05) is 12.1 Å². The second kappa shape index (κ2) is 10.1. The van der Waals surface area contributed by atoms with Crippen LogP contribution in [0.4, 0.5) is 4.39 Å². The van der Waals surface area contributed by atoms with Crippen LogP contribution < -0.4 is 0 Å². The highest BCUT2D eigenvalue weighted by atomic mass is 19.1. The first-order valence-corrected chi connectivity index (χ1v) is 11.4. The fourth-order valence-corrected chi connectivity index (χ4v) is 4.12. The molecule has 0 radical (unpaired) electrons. The fourth-order valence-electron chi connectivity index (χ4n) is 4.12. The van der Waals surface area contributed by atoms with E-state index in [9.17, 15) is 9.18 Å². The number of carbonyl (C=O) groups is 1. The summed E-state index contributed by atoms with van der Waals surface area (Å²) >= 11 is 0. The molecule has 2 heterocycles. The fraction of sp³-hybridized carbons (Fsp3) is 0.320. The number of H-pyrrole nitrogens is 1. The van der Waals surface area contributed by atoms with Crippen LogP contribution in [0, 0.1) is 12.7 Å². The first-order chi connectivity index (χ1) is 17.0. The zero-order chi connectivity index (χ0) is 24.2. The van der Waals surface area contributed by atoms with E-state index in [1.165, 1.54) is 12.1 Å². The summed E-state index contributed by atoms with van der Waals surface area (Å²) in [5, 5.41) is 13.8. The maximum absolute atomic E-state index is 13.2. The number of carbonyl (C=O) groups excluding carboxylic acids is 1. The molecule has 5 rings (SSSR count). The Morgan fingerprint density at radius 1 is 1.14 bits per heavy atom. The average Bonchev–Trinajstić information content (AvgIpc) is 3.54. The molecule has 2 aromatic carbocycles. The van der Waals surface area contributed by atoms with Crippen molar-refractivity contribution in [2.75, 3.05) is 0 Å². The molecular formula is C25H24FN5O4. The number of aromatic amines is 1. The van der Waals surface area contributed by atoms with E-state index >= 15 is 0 Å². The molecule has 0 aliphatic heterocycles. The number of aromatic nitrogens is 5. The van der Waals surface area contributed by atoms with Gasteiger partial charge in [0.15, 0.2) is 0 Å². The Labute approximate surface area is 200 Å². The van der Waals surface area contributed by atoms with Crippen LogP contribution in [-0.4, -0.2) is 43.8 Å². The highest BCUT2D eigenvalue weighted by Gasteiger charge is 2.27. The topological polar surface area (TPSA) is 116 Å². The number of ether oxygens (including phenoxy) is 2. The molecule has 2 aromatic heterocycles. The van der Waals surface area contributed by atoms with Gasteiger partial charge in [-0.3, -0.25) is 0 Å². The van der Waals surface area contributed by atoms with E-state index < -0.39 is 5.97 Å². The molecule has 9 nitrogen and oxygen atoms in total. The van der Waals surface area contributed by atoms with E-state index in [4.69, 9.17) is 13.9 Å². The maximum atomic E-state index is 13.2. The lowest BCUT2D eigenvalue weighted by atomic mass is 9.94. The normalized spacial score (nSPS) is 17.9. The van der Waals surface area contributed by atoms with Crippen LogP contribution in [0.25, 0.3) is 22.8 Å². The van der Waals surface area contributed by atoms with Gasteiger partial charge in [0.1, 0.15) is 23.4 Å². The van der Waals surface area contributed by atoms with E-state index in [0.717, 1.165) is 19.3 Å². The molecule has 35 heavy (non-hydrogen) atoms. The van der Waals surface area contributed by atoms with Crippen molar-refractivity contribution in [2.24, 2.45) is 0 Å².